The van der Waals surface area contributed by atoms with E-state index in [4.69, 9.17) is 14.2 Å². The number of carbonyl (C=O) groups is 1. The first-order valence-electron chi connectivity index (χ1n) is 9.65. The molecular weight excluding hydrogens is 408 g/mol. The van der Waals surface area contributed by atoms with E-state index in [0.717, 1.165) is 17.7 Å². The monoisotopic (exact) mass is 434 g/mol. The minimum absolute atomic E-state index is 0.00254. The van der Waals surface area contributed by atoms with Crippen molar-refractivity contribution in [3.05, 3.63) is 48.0 Å². The van der Waals surface area contributed by atoms with E-state index in [1.54, 1.807) is 25.1 Å². The van der Waals surface area contributed by atoms with Crippen LogP contribution in [0.15, 0.2) is 47.4 Å². The van der Waals surface area contributed by atoms with Crippen molar-refractivity contribution in [3.8, 4) is 17.2 Å². The molecule has 0 aliphatic carbocycles. The van der Waals surface area contributed by atoms with E-state index in [-0.39, 0.29) is 23.8 Å². The zero-order valence-corrected chi connectivity index (χ0v) is 17.9. The van der Waals surface area contributed by atoms with Gasteiger partial charge in [0, 0.05) is 39.0 Å². The maximum absolute atomic E-state index is 12.6. The van der Waals surface area contributed by atoms with E-state index in [0.29, 0.717) is 31.3 Å². The van der Waals surface area contributed by atoms with Crippen molar-refractivity contribution in [2.24, 2.45) is 0 Å². The summed E-state index contributed by atoms with van der Waals surface area (Å²) in [7, 11) is -0.483. The smallest absolute Gasteiger partial charge is 0.240 e. The Balaban J connectivity index is 1.53. The summed E-state index contributed by atoms with van der Waals surface area (Å²) in [5, 5.41) is 0. The fourth-order valence-electron chi connectivity index (χ4n) is 2.97. The van der Waals surface area contributed by atoms with Gasteiger partial charge in [-0.2, -0.15) is 0 Å². The summed E-state index contributed by atoms with van der Waals surface area (Å²) >= 11 is 0. The third-order valence-corrected chi connectivity index (χ3v) is 6.12. The topological polar surface area (TPSA) is 94.2 Å². The molecule has 1 N–H and O–H groups in total. The minimum atomic E-state index is -3.76. The van der Waals surface area contributed by atoms with E-state index < -0.39 is 10.0 Å². The highest BCUT2D eigenvalue weighted by Crippen LogP contribution is 2.31. The lowest BCUT2D eigenvalue weighted by Gasteiger charge is -2.18. The second-order valence-corrected chi connectivity index (χ2v) is 8.67. The Bertz CT molecular complexity index is 975. The molecule has 2 aromatic rings. The highest BCUT2D eigenvalue weighted by molar-refractivity contribution is 7.89. The summed E-state index contributed by atoms with van der Waals surface area (Å²) in [6, 6.07) is 11.9. The number of sulfonamides is 1. The van der Waals surface area contributed by atoms with Crippen LogP contribution in [0.5, 0.6) is 17.2 Å². The molecule has 0 saturated carbocycles. The van der Waals surface area contributed by atoms with Crippen LogP contribution in [0.1, 0.15) is 18.4 Å². The Kier molecular flexibility index (Phi) is 7.17. The van der Waals surface area contributed by atoms with Crippen LogP contribution in [0.25, 0.3) is 0 Å². The van der Waals surface area contributed by atoms with Gasteiger partial charge in [0.15, 0.2) is 11.5 Å². The lowest BCUT2D eigenvalue weighted by Crippen LogP contribution is -2.32. The van der Waals surface area contributed by atoms with Gasteiger partial charge in [-0.1, -0.05) is 12.1 Å². The first-order valence-corrected chi connectivity index (χ1v) is 11.1. The molecular formula is C21H26N2O6S. The highest BCUT2D eigenvalue weighted by atomic mass is 32.2. The summed E-state index contributed by atoms with van der Waals surface area (Å²) < 4.78 is 43.8. The van der Waals surface area contributed by atoms with E-state index in [9.17, 15) is 13.2 Å². The molecule has 0 aromatic heterocycles. The molecule has 0 unspecified atom stereocenters. The number of ether oxygens (including phenoxy) is 3. The van der Waals surface area contributed by atoms with Gasteiger partial charge in [-0.15, -0.1) is 0 Å². The zero-order chi connectivity index (χ0) is 21.6. The molecule has 3 rings (SSSR count). The predicted molar refractivity (Wildman–Crippen MR) is 111 cm³/mol. The van der Waals surface area contributed by atoms with Crippen LogP contribution in [-0.4, -0.2) is 53.1 Å². The number of fused-ring (bicyclic) bond motifs is 1. The molecule has 162 valence electrons. The van der Waals surface area contributed by atoms with E-state index >= 15 is 0 Å². The first-order chi connectivity index (χ1) is 14.4. The largest absolute Gasteiger partial charge is 0.497 e. The maximum atomic E-state index is 12.6. The van der Waals surface area contributed by atoms with Gasteiger partial charge in [-0.25, -0.2) is 13.1 Å². The van der Waals surface area contributed by atoms with Crippen LogP contribution in [-0.2, 0) is 21.4 Å². The van der Waals surface area contributed by atoms with Crippen LogP contribution >= 0.6 is 0 Å². The summed E-state index contributed by atoms with van der Waals surface area (Å²) in [5.74, 6) is 1.52. The standard InChI is InChI=1S/C21H26N2O6S/c1-23(15-16-4-6-17(27-2)7-5-16)21(24)10-11-22-30(25,26)18-8-9-19-20(14-18)29-13-3-12-28-19/h4-9,14,22H,3,10-13,15H2,1-2H3. The molecule has 0 bridgehead atoms. The number of nitrogens with one attached hydrogen (secondary N) is 1. The summed E-state index contributed by atoms with van der Waals surface area (Å²) in [4.78, 5) is 14.0. The van der Waals surface area contributed by atoms with Gasteiger partial charge in [0.05, 0.1) is 25.2 Å². The molecule has 0 saturated heterocycles. The molecule has 8 nitrogen and oxygen atoms in total. The summed E-state index contributed by atoms with van der Waals surface area (Å²) in [5.41, 5.74) is 0.958. The van der Waals surface area contributed by atoms with Crippen LogP contribution in [0, 0.1) is 0 Å². The van der Waals surface area contributed by atoms with Crippen molar-refractivity contribution in [3.63, 3.8) is 0 Å². The molecule has 30 heavy (non-hydrogen) atoms. The first kappa shape index (κ1) is 21.9. The Morgan fingerprint density at radius 3 is 2.50 bits per heavy atom. The second-order valence-electron chi connectivity index (χ2n) is 6.90. The van der Waals surface area contributed by atoms with Gasteiger partial charge >= 0.3 is 0 Å². The third kappa shape index (κ3) is 5.64. The molecule has 1 aliphatic heterocycles. The lowest BCUT2D eigenvalue weighted by molar-refractivity contribution is -0.130. The van der Waals surface area contributed by atoms with Gasteiger partial charge in [-0.05, 0) is 29.8 Å². The summed E-state index contributed by atoms with van der Waals surface area (Å²) in [6.45, 7) is 1.43. The molecule has 9 heteroatoms. The number of hydrogen-bond acceptors (Lipinski definition) is 6. The second kappa shape index (κ2) is 9.82. The Hall–Kier alpha value is -2.78. The fraction of sp³-hybridized carbons (Fsp3) is 0.381. The molecule has 1 heterocycles. The number of hydrogen-bond donors (Lipinski definition) is 1. The maximum Gasteiger partial charge on any atom is 0.240 e. The van der Waals surface area contributed by atoms with Gasteiger partial charge in [0.1, 0.15) is 5.75 Å². The molecule has 0 fully saturated rings. The highest BCUT2D eigenvalue weighted by Gasteiger charge is 2.19. The number of benzene rings is 2. The number of methoxy groups -OCH3 is 1. The van der Waals surface area contributed by atoms with Crippen LogP contribution < -0.4 is 18.9 Å². The number of rotatable bonds is 8. The molecule has 1 amide bonds. The molecule has 0 atom stereocenters. The van der Waals surface area contributed by atoms with Crippen molar-refractivity contribution in [1.29, 1.82) is 0 Å². The van der Waals surface area contributed by atoms with E-state index in [1.165, 1.54) is 12.1 Å². The summed E-state index contributed by atoms with van der Waals surface area (Å²) in [6.07, 6.45) is 0.789. The predicted octanol–water partition coefficient (Wildman–Crippen LogP) is 2.18. The SMILES string of the molecule is COc1ccc(CN(C)C(=O)CCNS(=O)(=O)c2ccc3c(c2)OCCCO3)cc1. The van der Waals surface area contributed by atoms with Crippen molar-refractivity contribution < 1.29 is 27.4 Å². The van der Waals surface area contributed by atoms with Gasteiger partial charge in [-0.3, -0.25) is 4.79 Å². The van der Waals surface area contributed by atoms with Gasteiger partial charge in [0.25, 0.3) is 0 Å². The molecule has 0 spiro atoms. The minimum Gasteiger partial charge on any atom is -0.497 e. The van der Waals surface area contributed by atoms with Gasteiger partial charge < -0.3 is 19.1 Å². The van der Waals surface area contributed by atoms with E-state index in [1.807, 2.05) is 24.3 Å². The quantitative estimate of drug-likeness (QED) is 0.685. The average Bonchev–Trinajstić information content (AvgIpc) is 2.99. The van der Waals surface area contributed by atoms with Crippen molar-refractivity contribution in [2.45, 2.75) is 24.3 Å². The Morgan fingerprint density at radius 1 is 1.10 bits per heavy atom. The molecule has 1 aliphatic rings. The van der Waals surface area contributed by atoms with Crippen LogP contribution in [0.2, 0.25) is 0 Å². The molecule has 2 aromatic carbocycles. The normalized spacial score (nSPS) is 13.4. The van der Waals surface area contributed by atoms with Crippen molar-refractivity contribution >= 4 is 15.9 Å². The molecule has 0 radical (unpaired) electrons. The van der Waals surface area contributed by atoms with Crippen LogP contribution in [0.4, 0.5) is 0 Å². The number of carbonyl (C=O) groups excluding carboxylic acids is 1. The van der Waals surface area contributed by atoms with Crippen LogP contribution in [0.3, 0.4) is 0 Å². The Labute approximate surface area is 176 Å². The van der Waals surface area contributed by atoms with Crippen molar-refractivity contribution in [1.82, 2.24) is 9.62 Å². The Morgan fingerprint density at radius 2 is 1.80 bits per heavy atom. The van der Waals surface area contributed by atoms with E-state index in [2.05, 4.69) is 4.72 Å². The number of amides is 1. The number of nitrogens with zero attached hydrogens (tertiary/aromatic N) is 1. The zero-order valence-electron chi connectivity index (χ0n) is 17.1. The van der Waals surface area contributed by atoms with Crippen molar-refractivity contribution in [2.75, 3.05) is 33.9 Å². The van der Waals surface area contributed by atoms with Gasteiger partial charge in [0.2, 0.25) is 15.9 Å². The average molecular weight is 435 g/mol. The third-order valence-electron chi connectivity index (χ3n) is 4.66. The fourth-order valence-corrected chi connectivity index (χ4v) is 4.02. The lowest BCUT2D eigenvalue weighted by atomic mass is 10.2.